The molecule has 0 atom stereocenters. The van der Waals surface area contributed by atoms with Crippen molar-refractivity contribution in [3.63, 3.8) is 0 Å². The molecule has 2 aromatic carbocycles. The number of amides is 1. The number of aryl methyl sites for hydroxylation is 1. The maximum atomic E-state index is 12.2. The molecule has 1 aromatic heterocycles. The van der Waals surface area contributed by atoms with E-state index in [2.05, 4.69) is 5.32 Å². The van der Waals surface area contributed by atoms with Crippen molar-refractivity contribution in [3.05, 3.63) is 87.7 Å². The molecule has 1 amide bonds. The lowest BCUT2D eigenvalue weighted by Gasteiger charge is -2.04. The summed E-state index contributed by atoms with van der Waals surface area (Å²) in [5.74, 6) is 0.385. The Balaban J connectivity index is 1.74. The highest BCUT2D eigenvalue weighted by Gasteiger charge is 2.15. The minimum Gasteiger partial charge on any atom is -0.451 e. The van der Waals surface area contributed by atoms with Gasteiger partial charge in [0.2, 0.25) is 0 Å². The average Bonchev–Trinajstić information content (AvgIpc) is 3.10. The lowest BCUT2D eigenvalue weighted by Crippen LogP contribution is -2.22. The van der Waals surface area contributed by atoms with E-state index in [9.17, 15) is 14.9 Å². The summed E-state index contributed by atoms with van der Waals surface area (Å²) in [5.41, 5.74) is 2.44. The molecular formula is C19H16N2O4. The van der Waals surface area contributed by atoms with E-state index in [1.807, 2.05) is 30.3 Å². The molecule has 0 aliphatic heterocycles. The first kappa shape index (κ1) is 16.4. The normalized spacial score (nSPS) is 10.4. The number of non-ortho nitro benzene ring substituents is 1. The van der Waals surface area contributed by atoms with Crippen molar-refractivity contribution >= 4 is 11.6 Å². The second-order valence-corrected chi connectivity index (χ2v) is 5.59. The summed E-state index contributed by atoms with van der Waals surface area (Å²) in [5, 5.41) is 13.6. The van der Waals surface area contributed by atoms with Crippen LogP contribution < -0.4 is 5.32 Å². The Morgan fingerprint density at radius 2 is 1.88 bits per heavy atom. The minimum atomic E-state index is -0.443. The highest BCUT2D eigenvalue weighted by Crippen LogP contribution is 2.28. The molecule has 1 heterocycles. The molecule has 0 radical (unpaired) electrons. The average molecular weight is 336 g/mol. The van der Waals surface area contributed by atoms with E-state index in [0.29, 0.717) is 23.4 Å². The van der Waals surface area contributed by atoms with E-state index in [0.717, 1.165) is 5.56 Å². The molecule has 126 valence electrons. The zero-order chi connectivity index (χ0) is 17.8. The van der Waals surface area contributed by atoms with Crippen LogP contribution in [0.15, 0.2) is 65.1 Å². The lowest BCUT2D eigenvalue weighted by molar-refractivity contribution is -0.384. The van der Waals surface area contributed by atoms with Gasteiger partial charge in [-0.2, -0.15) is 0 Å². The number of hydrogen-bond acceptors (Lipinski definition) is 4. The molecule has 0 aliphatic rings. The Morgan fingerprint density at radius 1 is 1.12 bits per heavy atom. The van der Waals surface area contributed by atoms with Crippen LogP contribution in [0.2, 0.25) is 0 Å². The third-order valence-electron chi connectivity index (χ3n) is 3.81. The fraction of sp³-hybridized carbons (Fsp3) is 0.105. The van der Waals surface area contributed by atoms with Crippen molar-refractivity contribution in [3.8, 4) is 11.3 Å². The Bertz CT molecular complexity index is 916. The van der Waals surface area contributed by atoms with Crippen molar-refractivity contribution < 1.29 is 14.1 Å². The largest absolute Gasteiger partial charge is 0.451 e. The van der Waals surface area contributed by atoms with Crippen LogP contribution in [-0.4, -0.2) is 10.8 Å². The van der Waals surface area contributed by atoms with Crippen molar-refractivity contribution in [1.29, 1.82) is 0 Å². The molecule has 25 heavy (non-hydrogen) atoms. The minimum absolute atomic E-state index is 0.0219. The molecule has 1 N–H and O–H groups in total. The number of nitro groups is 1. The molecule has 0 bridgehead atoms. The van der Waals surface area contributed by atoms with Gasteiger partial charge in [0.25, 0.3) is 11.6 Å². The number of nitrogens with one attached hydrogen (secondary N) is 1. The van der Waals surface area contributed by atoms with Crippen molar-refractivity contribution in [1.82, 2.24) is 5.32 Å². The molecule has 0 spiro atoms. The third kappa shape index (κ3) is 3.74. The maximum Gasteiger partial charge on any atom is 0.287 e. The monoisotopic (exact) mass is 336 g/mol. The number of furan rings is 1. The molecule has 0 saturated heterocycles. The first-order valence-corrected chi connectivity index (χ1v) is 7.72. The summed E-state index contributed by atoms with van der Waals surface area (Å²) < 4.78 is 5.62. The molecule has 6 nitrogen and oxygen atoms in total. The highest BCUT2D eigenvalue weighted by molar-refractivity contribution is 5.92. The van der Waals surface area contributed by atoms with Gasteiger partial charge in [-0.05, 0) is 36.2 Å². The summed E-state index contributed by atoms with van der Waals surface area (Å²) in [6, 6.07) is 17.4. The van der Waals surface area contributed by atoms with Crippen LogP contribution in [0, 0.1) is 17.0 Å². The number of hydrogen-bond donors (Lipinski definition) is 1. The van der Waals surface area contributed by atoms with Crippen LogP contribution in [0.1, 0.15) is 21.7 Å². The molecule has 6 heteroatoms. The highest BCUT2D eigenvalue weighted by atomic mass is 16.6. The molecular weight excluding hydrogens is 320 g/mol. The molecule has 3 rings (SSSR count). The van der Waals surface area contributed by atoms with E-state index in [1.165, 1.54) is 12.1 Å². The first-order valence-electron chi connectivity index (χ1n) is 7.72. The third-order valence-corrected chi connectivity index (χ3v) is 3.81. The van der Waals surface area contributed by atoms with Crippen LogP contribution in [0.5, 0.6) is 0 Å². The number of benzene rings is 2. The molecule has 0 saturated carbocycles. The maximum absolute atomic E-state index is 12.2. The zero-order valence-electron chi connectivity index (χ0n) is 13.6. The fourth-order valence-electron chi connectivity index (χ4n) is 2.51. The van der Waals surface area contributed by atoms with Crippen LogP contribution in [0.25, 0.3) is 11.3 Å². The summed E-state index contributed by atoms with van der Waals surface area (Å²) in [7, 11) is 0. The number of carbonyl (C=O) groups excluding carboxylic acids is 1. The lowest BCUT2D eigenvalue weighted by atomic mass is 10.1. The predicted octanol–water partition coefficient (Wildman–Crippen LogP) is 4.09. The number of carbonyl (C=O) groups is 1. The Labute approximate surface area is 144 Å². The van der Waals surface area contributed by atoms with Gasteiger partial charge in [-0.25, -0.2) is 0 Å². The second-order valence-electron chi connectivity index (χ2n) is 5.59. The summed E-state index contributed by atoms with van der Waals surface area (Å²) in [6.07, 6.45) is 0. The van der Waals surface area contributed by atoms with E-state index in [1.54, 1.807) is 25.1 Å². The van der Waals surface area contributed by atoms with Crippen molar-refractivity contribution in [2.75, 3.05) is 0 Å². The van der Waals surface area contributed by atoms with E-state index >= 15 is 0 Å². The van der Waals surface area contributed by atoms with Crippen molar-refractivity contribution in [2.24, 2.45) is 0 Å². The van der Waals surface area contributed by atoms with Crippen LogP contribution >= 0.6 is 0 Å². The van der Waals surface area contributed by atoms with Gasteiger partial charge < -0.3 is 9.73 Å². The number of nitro benzene ring substituents is 1. The van der Waals surface area contributed by atoms with Gasteiger partial charge in [0.15, 0.2) is 5.76 Å². The molecule has 0 fully saturated rings. The van der Waals surface area contributed by atoms with E-state index in [-0.39, 0.29) is 17.4 Å². The molecule has 3 aromatic rings. The van der Waals surface area contributed by atoms with Gasteiger partial charge in [-0.1, -0.05) is 30.3 Å². The van der Waals surface area contributed by atoms with E-state index in [4.69, 9.17) is 4.42 Å². The predicted molar refractivity (Wildman–Crippen MR) is 93.1 cm³/mol. The Morgan fingerprint density at radius 3 is 2.56 bits per heavy atom. The number of rotatable bonds is 5. The van der Waals surface area contributed by atoms with Gasteiger partial charge in [-0.3, -0.25) is 14.9 Å². The van der Waals surface area contributed by atoms with Gasteiger partial charge >= 0.3 is 0 Å². The van der Waals surface area contributed by atoms with E-state index < -0.39 is 4.92 Å². The first-order chi connectivity index (χ1) is 12.0. The number of nitrogens with zero attached hydrogens (tertiary/aromatic N) is 1. The summed E-state index contributed by atoms with van der Waals surface area (Å²) >= 11 is 0. The Hall–Kier alpha value is -3.41. The summed E-state index contributed by atoms with van der Waals surface area (Å²) in [6.45, 7) is 2.17. The Kier molecular flexibility index (Phi) is 4.61. The summed E-state index contributed by atoms with van der Waals surface area (Å²) in [4.78, 5) is 22.6. The zero-order valence-corrected chi connectivity index (χ0v) is 13.6. The van der Waals surface area contributed by atoms with Crippen LogP contribution in [-0.2, 0) is 6.54 Å². The van der Waals surface area contributed by atoms with Crippen molar-refractivity contribution in [2.45, 2.75) is 13.5 Å². The SMILES string of the molecule is Cc1cc([N+](=O)[O-])ccc1-c1ccc(C(=O)NCc2ccccc2)o1. The molecule has 0 unspecified atom stereocenters. The quantitative estimate of drug-likeness (QED) is 0.561. The topological polar surface area (TPSA) is 85.4 Å². The standard InChI is InChI=1S/C19H16N2O4/c1-13-11-15(21(23)24)7-8-16(13)17-9-10-18(25-17)19(22)20-12-14-5-3-2-4-6-14/h2-11H,12H2,1H3,(H,20,22). The van der Waals surface area contributed by atoms with Gasteiger partial charge in [0, 0.05) is 24.2 Å². The van der Waals surface area contributed by atoms with Crippen LogP contribution in [0.3, 0.4) is 0 Å². The van der Waals surface area contributed by atoms with Gasteiger partial charge in [-0.15, -0.1) is 0 Å². The second kappa shape index (κ2) is 7.00. The fourth-order valence-corrected chi connectivity index (χ4v) is 2.51. The van der Waals surface area contributed by atoms with Gasteiger partial charge in [0.1, 0.15) is 5.76 Å². The van der Waals surface area contributed by atoms with Gasteiger partial charge in [0.05, 0.1) is 4.92 Å². The van der Waals surface area contributed by atoms with Crippen LogP contribution in [0.4, 0.5) is 5.69 Å². The molecule has 0 aliphatic carbocycles. The smallest absolute Gasteiger partial charge is 0.287 e.